The van der Waals surface area contributed by atoms with Crippen molar-refractivity contribution in [1.82, 2.24) is 0 Å². The van der Waals surface area contributed by atoms with Gasteiger partial charge >= 0.3 is 5.91 Å². The molecule has 0 fully saturated rings. The Kier molecular flexibility index (Phi) is 3.89. The van der Waals surface area contributed by atoms with Gasteiger partial charge < -0.3 is 4.74 Å². The third-order valence-electron chi connectivity index (χ3n) is 3.53. The maximum absolute atomic E-state index is 12.0. The molecule has 0 saturated carbocycles. The van der Waals surface area contributed by atoms with Crippen LogP contribution in [0.3, 0.4) is 0 Å². The molecule has 1 amide bonds. The van der Waals surface area contributed by atoms with E-state index in [0.717, 1.165) is 16.4 Å². The van der Waals surface area contributed by atoms with E-state index in [1.54, 1.807) is 31.4 Å². The molecule has 0 saturated heterocycles. The van der Waals surface area contributed by atoms with Crippen LogP contribution in [0.1, 0.15) is 15.9 Å². The zero-order valence-corrected chi connectivity index (χ0v) is 12.1. The molecule has 1 heterocycles. The second-order valence-corrected chi connectivity index (χ2v) is 4.84. The lowest BCUT2D eigenvalue weighted by molar-refractivity contribution is -0.121. The van der Waals surface area contributed by atoms with Gasteiger partial charge in [-0.2, -0.15) is 5.06 Å². The molecule has 5 heteroatoms. The number of ether oxygens (including phenoxy) is 1. The zero-order chi connectivity index (χ0) is 15.5. The van der Waals surface area contributed by atoms with Gasteiger partial charge in [-0.3, -0.25) is 14.4 Å². The van der Waals surface area contributed by atoms with Crippen LogP contribution in [-0.4, -0.2) is 25.4 Å². The van der Waals surface area contributed by atoms with Crippen LogP contribution in [0.4, 0.5) is 5.69 Å². The molecule has 5 nitrogen and oxygen atoms in total. The van der Waals surface area contributed by atoms with Crippen LogP contribution in [0.15, 0.2) is 48.5 Å². The van der Waals surface area contributed by atoms with Crippen molar-refractivity contribution >= 4 is 17.4 Å². The van der Waals surface area contributed by atoms with Crippen LogP contribution in [-0.2, 0) is 16.1 Å². The standard InChI is InChI=1S/C17H15NO4/c1-21-15-9-5-2-6-12(15)10-11-22-18-14-8-4-3-7-13(14)16(19)17(18)20/h2-9H,10-11H2,1H3. The summed E-state index contributed by atoms with van der Waals surface area (Å²) in [6, 6.07) is 14.4. The van der Waals surface area contributed by atoms with Gasteiger partial charge in [0.25, 0.3) is 5.78 Å². The van der Waals surface area contributed by atoms with Crippen molar-refractivity contribution in [2.45, 2.75) is 6.42 Å². The summed E-state index contributed by atoms with van der Waals surface area (Å²) in [7, 11) is 1.61. The number of amides is 1. The summed E-state index contributed by atoms with van der Waals surface area (Å²) in [6.45, 7) is 0.272. The van der Waals surface area contributed by atoms with Crippen LogP contribution in [0.5, 0.6) is 5.75 Å². The number of hydrogen-bond donors (Lipinski definition) is 0. The first-order chi connectivity index (χ1) is 10.7. The molecule has 3 rings (SSSR count). The van der Waals surface area contributed by atoms with E-state index in [0.29, 0.717) is 17.7 Å². The first kappa shape index (κ1) is 14.3. The molecule has 0 atom stereocenters. The fourth-order valence-electron chi connectivity index (χ4n) is 2.44. The van der Waals surface area contributed by atoms with Crippen LogP contribution >= 0.6 is 0 Å². The highest BCUT2D eigenvalue weighted by Crippen LogP contribution is 2.28. The minimum absolute atomic E-state index is 0.272. The van der Waals surface area contributed by atoms with E-state index >= 15 is 0 Å². The normalized spacial score (nSPS) is 13.4. The van der Waals surface area contributed by atoms with Crippen molar-refractivity contribution in [1.29, 1.82) is 0 Å². The van der Waals surface area contributed by atoms with E-state index in [2.05, 4.69) is 0 Å². The van der Waals surface area contributed by atoms with Gasteiger partial charge in [0.05, 0.1) is 25.0 Å². The summed E-state index contributed by atoms with van der Waals surface area (Å²) < 4.78 is 5.27. The summed E-state index contributed by atoms with van der Waals surface area (Å²) in [5.41, 5.74) is 1.86. The zero-order valence-electron chi connectivity index (χ0n) is 12.1. The summed E-state index contributed by atoms with van der Waals surface area (Å²) in [6.07, 6.45) is 0.574. The molecule has 2 aromatic rings. The van der Waals surface area contributed by atoms with Gasteiger partial charge in [-0.15, -0.1) is 0 Å². The van der Waals surface area contributed by atoms with Gasteiger partial charge in [0.1, 0.15) is 5.75 Å². The fraction of sp³-hybridized carbons (Fsp3) is 0.176. The number of para-hydroxylation sites is 2. The van der Waals surface area contributed by atoms with E-state index in [9.17, 15) is 9.59 Å². The molecule has 0 radical (unpaired) electrons. The lowest BCUT2D eigenvalue weighted by Gasteiger charge is -2.16. The van der Waals surface area contributed by atoms with E-state index in [-0.39, 0.29) is 6.61 Å². The molecule has 1 aliphatic rings. The van der Waals surface area contributed by atoms with E-state index < -0.39 is 11.7 Å². The van der Waals surface area contributed by atoms with Crippen LogP contribution < -0.4 is 9.80 Å². The third kappa shape index (κ3) is 2.46. The Labute approximate surface area is 128 Å². The Bertz CT molecular complexity index is 726. The van der Waals surface area contributed by atoms with Gasteiger partial charge in [-0.1, -0.05) is 30.3 Å². The van der Waals surface area contributed by atoms with E-state index in [4.69, 9.17) is 9.57 Å². The number of nitrogens with zero attached hydrogens (tertiary/aromatic N) is 1. The second-order valence-electron chi connectivity index (χ2n) is 4.84. The predicted molar refractivity (Wildman–Crippen MR) is 80.9 cm³/mol. The number of anilines is 1. The van der Waals surface area contributed by atoms with Gasteiger partial charge in [-0.25, -0.2) is 0 Å². The summed E-state index contributed by atoms with van der Waals surface area (Å²) in [5, 5.41) is 1.08. The highest BCUT2D eigenvalue weighted by atomic mass is 16.7. The summed E-state index contributed by atoms with van der Waals surface area (Å²) in [4.78, 5) is 29.3. The second kappa shape index (κ2) is 5.99. The summed E-state index contributed by atoms with van der Waals surface area (Å²) >= 11 is 0. The molecule has 22 heavy (non-hydrogen) atoms. The number of rotatable bonds is 5. The van der Waals surface area contributed by atoms with Crippen molar-refractivity contribution in [2.75, 3.05) is 18.8 Å². The topological polar surface area (TPSA) is 55.8 Å². The molecule has 1 aliphatic heterocycles. The van der Waals surface area contributed by atoms with E-state index in [1.807, 2.05) is 24.3 Å². The maximum atomic E-state index is 12.0. The Hall–Kier alpha value is -2.66. The van der Waals surface area contributed by atoms with Crippen molar-refractivity contribution in [3.8, 4) is 5.75 Å². The molecule has 0 N–H and O–H groups in total. The van der Waals surface area contributed by atoms with Crippen LogP contribution in [0.2, 0.25) is 0 Å². The highest BCUT2D eigenvalue weighted by Gasteiger charge is 2.36. The van der Waals surface area contributed by atoms with Crippen molar-refractivity contribution in [3.63, 3.8) is 0 Å². The maximum Gasteiger partial charge on any atom is 0.323 e. The average Bonchev–Trinajstić information content (AvgIpc) is 2.80. The number of carbonyl (C=O) groups is 2. The van der Waals surface area contributed by atoms with Gasteiger partial charge in [-0.05, 0) is 23.8 Å². The molecule has 0 aliphatic carbocycles. The molecule has 0 bridgehead atoms. The largest absolute Gasteiger partial charge is 0.496 e. The van der Waals surface area contributed by atoms with Crippen molar-refractivity contribution in [2.24, 2.45) is 0 Å². The molecular weight excluding hydrogens is 282 g/mol. The number of hydrogen-bond acceptors (Lipinski definition) is 4. The summed E-state index contributed by atoms with van der Waals surface area (Å²) in [5.74, 6) is -0.413. The Morgan fingerprint density at radius 3 is 2.55 bits per heavy atom. The van der Waals surface area contributed by atoms with Crippen molar-refractivity contribution < 1.29 is 19.2 Å². The smallest absolute Gasteiger partial charge is 0.323 e. The third-order valence-corrected chi connectivity index (χ3v) is 3.53. The molecular formula is C17H15NO4. The number of carbonyl (C=O) groups excluding carboxylic acids is 2. The van der Waals surface area contributed by atoms with Gasteiger partial charge in [0, 0.05) is 6.42 Å². The number of fused-ring (bicyclic) bond motifs is 1. The molecule has 112 valence electrons. The lowest BCUT2D eigenvalue weighted by Crippen LogP contribution is -2.30. The van der Waals surface area contributed by atoms with Crippen LogP contribution in [0.25, 0.3) is 0 Å². The van der Waals surface area contributed by atoms with Crippen LogP contribution in [0, 0.1) is 0 Å². The predicted octanol–water partition coefficient (Wildman–Crippen LogP) is 2.40. The average molecular weight is 297 g/mol. The monoisotopic (exact) mass is 297 g/mol. The lowest BCUT2D eigenvalue weighted by atomic mass is 10.1. The first-order valence-corrected chi connectivity index (χ1v) is 6.95. The quantitative estimate of drug-likeness (QED) is 0.795. The number of Topliss-reactive ketones (excluding diaryl/α,β-unsaturated/α-hetero) is 1. The molecule has 0 spiro atoms. The number of ketones is 1. The van der Waals surface area contributed by atoms with Gasteiger partial charge in [0.15, 0.2) is 0 Å². The number of benzene rings is 2. The molecule has 0 unspecified atom stereocenters. The number of methoxy groups -OCH3 is 1. The Morgan fingerprint density at radius 1 is 1.00 bits per heavy atom. The highest BCUT2D eigenvalue weighted by molar-refractivity contribution is 6.51. The van der Waals surface area contributed by atoms with E-state index in [1.165, 1.54) is 0 Å². The SMILES string of the molecule is COc1ccccc1CCON1C(=O)C(=O)c2ccccc21. The van der Waals surface area contributed by atoms with Gasteiger partial charge in [0.2, 0.25) is 0 Å². The minimum Gasteiger partial charge on any atom is -0.496 e. The minimum atomic E-state index is -0.652. The first-order valence-electron chi connectivity index (χ1n) is 6.95. The fourth-order valence-corrected chi connectivity index (χ4v) is 2.44. The molecule has 0 aromatic heterocycles. The Morgan fingerprint density at radius 2 is 1.73 bits per heavy atom. The Balaban J connectivity index is 1.70. The van der Waals surface area contributed by atoms with Crippen molar-refractivity contribution in [3.05, 3.63) is 59.7 Å². The molecule has 2 aromatic carbocycles. The number of hydroxylamine groups is 1.